The van der Waals surface area contributed by atoms with Gasteiger partial charge in [-0.3, -0.25) is 23.4 Å². The highest BCUT2D eigenvalue weighted by Crippen LogP contribution is 2.43. The number of quaternary nitrogens is 1. The molecule has 0 fully saturated rings. The molecule has 0 bridgehead atoms. The van der Waals surface area contributed by atoms with E-state index in [1.54, 1.807) is 6.08 Å². The summed E-state index contributed by atoms with van der Waals surface area (Å²) in [6.07, 6.45) is 34.7. The number of allylic oxidation sites excluding steroid dienone is 4. The second kappa shape index (κ2) is 36.5. The van der Waals surface area contributed by atoms with Crippen molar-refractivity contribution in [1.29, 1.82) is 0 Å². The summed E-state index contributed by atoms with van der Waals surface area (Å²) < 4.78 is 34.2. The third-order valence-electron chi connectivity index (χ3n) is 9.46. The molecule has 10 nitrogen and oxygen atoms in total. The van der Waals surface area contributed by atoms with Crippen molar-refractivity contribution in [3.05, 3.63) is 24.3 Å². The van der Waals surface area contributed by atoms with Crippen LogP contribution in [0.15, 0.2) is 24.3 Å². The number of rotatable bonds is 40. The van der Waals surface area contributed by atoms with Crippen LogP contribution in [0.1, 0.15) is 187 Å². The Morgan fingerprint density at radius 1 is 0.600 bits per heavy atom. The molecular formula is C44H83NO9P+. The Labute approximate surface area is 336 Å². The molecule has 0 aromatic heterocycles. The van der Waals surface area contributed by atoms with E-state index in [4.69, 9.17) is 18.5 Å². The first-order valence-corrected chi connectivity index (χ1v) is 23.5. The minimum atomic E-state index is -4.40. The molecule has 1 unspecified atom stereocenters. The zero-order valence-electron chi connectivity index (χ0n) is 35.9. The summed E-state index contributed by atoms with van der Waals surface area (Å²) in [4.78, 5) is 47.4. The second-order valence-corrected chi connectivity index (χ2v) is 17.6. The van der Waals surface area contributed by atoms with Crippen molar-refractivity contribution in [2.75, 3.05) is 47.5 Å². The maximum atomic E-state index is 12.7. The monoisotopic (exact) mass is 801 g/mol. The molecule has 0 aliphatic rings. The van der Waals surface area contributed by atoms with Gasteiger partial charge in [-0.25, -0.2) is 4.57 Å². The van der Waals surface area contributed by atoms with Gasteiger partial charge in [0.2, 0.25) is 0 Å². The van der Waals surface area contributed by atoms with E-state index < -0.39 is 32.5 Å². The molecule has 0 aliphatic heterocycles. The number of esters is 2. The molecule has 0 saturated carbocycles. The quantitative estimate of drug-likeness (QED) is 0.0161. The Hall–Kier alpha value is -1.84. The number of carbonyl (C=O) groups excluding carboxylic acids is 3. The van der Waals surface area contributed by atoms with E-state index in [0.29, 0.717) is 23.9 Å². The molecule has 0 aromatic carbocycles. The Bertz CT molecular complexity index is 1060. The zero-order valence-corrected chi connectivity index (χ0v) is 36.8. The van der Waals surface area contributed by atoms with Crippen LogP contribution in [-0.2, 0) is 37.5 Å². The lowest BCUT2D eigenvalue weighted by atomic mass is 10.0. The average Bonchev–Trinajstić information content (AvgIpc) is 3.12. The number of unbranched alkanes of at least 4 members (excludes halogenated alkanes) is 21. The van der Waals surface area contributed by atoms with Gasteiger partial charge in [-0.2, -0.15) is 0 Å². The summed E-state index contributed by atoms with van der Waals surface area (Å²) in [6.45, 7) is 4.24. The Morgan fingerprint density at radius 2 is 1.07 bits per heavy atom. The molecule has 0 radical (unpaired) electrons. The molecule has 11 heteroatoms. The molecule has 1 N–H and O–H groups in total. The summed E-state index contributed by atoms with van der Waals surface area (Å²) in [5, 5.41) is 0. The fourth-order valence-corrected chi connectivity index (χ4v) is 6.68. The molecular weight excluding hydrogens is 717 g/mol. The number of hydrogen-bond donors (Lipinski definition) is 1. The first kappa shape index (κ1) is 53.2. The highest BCUT2D eigenvalue weighted by molar-refractivity contribution is 7.47. The lowest BCUT2D eigenvalue weighted by molar-refractivity contribution is -0.870. The summed E-state index contributed by atoms with van der Waals surface area (Å²) in [6, 6.07) is 0. The number of ketones is 1. The number of likely N-dealkylation sites (N-methyl/N-ethyl adjacent to an activating group) is 1. The molecule has 0 amide bonds. The third kappa shape index (κ3) is 40.2. The van der Waals surface area contributed by atoms with Crippen molar-refractivity contribution in [3.63, 3.8) is 0 Å². The molecule has 55 heavy (non-hydrogen) atoms. The maximum absolute atomic E-state index is 12.7. The summed E-state index contributed by atoms with van der Waals surface area (Å²) in [5.74, 6) is -0.763. The minimum absolute atomic E-state index is 0.0113. The van der Waals surface area contributed by atoms with Crippen LogP contribution in [0.2, 0.25) is 0 Å². The van der Waals surface area contributed by atoms with Crippen LogP contribution in [0.4, 0.5) is 0 Å². The largest absolute Gasteiger partial charge is 0.472 e. The molecule has 2 atom stereocenters. The first-order chi connectivity index (χ1) is 26.4. The molecule has 322 valence electrons. The van der Waals surface area contributed by atoms with Gasteiger partial charge in [-0.15, -0.1) is 0 Å². The van der Waals surface area contributed by atoms with E-state index in [0.717, 1.165) is 51.4 Å². The van der Waals surface area contributed by atoms with Gasteiger partial charge in [0.15, 0.2) is 11.9 Å². The number of ether oxygens (including phenoxy) is 2. The van der Waals surface area contributed by atoms with Gasteiger partial charge in [0.25, 0.3) is 0 Å². The van der Waals surface area contributed by atoms with E-state index >= 15 is 0 Å². The van der Waals surface area contributed by atoms with E-state index in [1.807, 2.05) is 33.3 Å². The van der Waals surface area contributed by atoms with E-state index in [1.165, 1.54) is 96.3 Å². The lowest BCUT2D eigenvalue weighted by Gasteiger charge is -2.24. The van der Waals surface area contributed by atoms with Gasteiger partial charge < -0.3 is 18.9 Å². The first-order valence-electron chi connectivity index (χ1n) is 22.0. The Kier molecular flexibility index (Phi) is 35.3. The highest BCUT2D eigenvalue weighted by atomic mass is 31.2. The van der Waals surface area contributed by atoms with Gasteiger partial charge in [0, 0.05) is 19.3 Å². The van der Waals surface area contributed by atoms with E-state index in [2.05, 4.69) is 19.9 Å². The molecule has 0 spiro atoms. The lowest BCUT2D eigenvalue weighted by Crippen LogP contribution is -2.37. The Balaban J connectivity index is 4.43. The fraction of sp³-hybridized carbons (Fsp3) is 0.841. The number of phosphoric ester groups is 1. The maximum Gasteiger partial charge on any atom is 0.472 e. The highest BCUT2D eigenvalue weighted by Gasteiger charge is 2.27. The normalized spacial score (nSPS) is 13.7. The third-order valence-corrected chi connectivity index (χ3v) is 10.4. The summed E-state index contributed by atoms with van der Waals surface area (Å²) in [7, 11) is 1.41. The fourth-order valence-electron chi connectivity index (χ4n) is 5.94. The minimum Gasteiger partial charge on any atom is -0.462 e. The van der Waals surface area contributed by atoms with Crippen LogP contribution in [0, 0.1) is 0 Å². The van der Waals surface area contributed by atoms with Crippen molar-refractivity contribution in [1.82, 2.24) is 0 Å². The van der Waals surface area contributed by atoms with Crippen LogP contribution >= 0.6 is 7.82 Å². The summed E-state index contributed by atoms with van der Waals surface area (Å²) in [5.41, 5.74) is 0. The second-order valence-electron chi connectivity index (χ2n) is 16.1. The van der Waals surface area contributed by atoms with Crippen molar-refractivity contribution >= 4 is 25.5 Å². The zero-order chi connectivity index (χ0) is 40.9. The predicted molar refractivity (Wildman–Crippen MR) is 225 cm³/mol. The standard InChI is InChI=1S/C44H82NO9P/c1-6-8-10-12-14-15-16-17-18-19-20-21-23-27-31-35-43(47)51-39-42(40-53-55(49,50)52-38-37-45(3,4)5)54-44(48)36-32-28-24-26-30-34-41(46)33-29-25-22-13-11-9-7-2/h22,25,29,33,42H,6-21,23-24,26-28,30-32,34-40H2,1-5H3/p+1/b25-22-,33-29+/t42-/m1/s1. The van der Waals surface area contributed by atoms with Crippen LogP contribution in [-0.4, -0.2) is 80.7 Å². The predicted octanol–water partition coefficient (Wildman–Crippen LogP) is 11.5. The van der Waals surface area contributed by atoms with Gasteiger partial charge >= 0.3 is 19.8 Å². The molecule has 0 saturated heterocycles. The van der Waals surface area contributed by atoms with Gasteiger partial charge in [0.05, 0.1) is 27.7 Å². The van der Waals surface area contributed by atoms with Crippen LogP contribution in [0.25, 0.3) is 0 Å². The number of hydrogen-bond acceptors (Lipinski definition) is 8. The topological polar surface area (TPSA) is 125 Å². The smallest absolute Gasteiger partial charge is 0.462 e. The van der Waals surface area contributed by atoms with Gasteiger partial charge in [0.1, 0.15) is 19.8 Å². The Morgan fingerprint density at radius 3 is 1.60 bits per heavy atom. The average molecular weight is 801 g/mol. The van der Waals surface area contributed by atoms with E-state index in [9.17, 15) is 23.8 Å². The van der Waals surface area contributed by atoms with Crippen molar-refractivity contribution in [3.8, 4) is 0 Å². The number of phosphoric acid groups is 1. The molecule has 0 aromatic rings. The van der Waals surface area contributed by atoms with Crippen molar-refractivity contribution in [2.24, 2.45) is 0 Å². The molecule has 0 rings (SSSR count). The van der Waals surface area contributed by atoms with Crippen LogP contribution in [0.5, 0.6) is 0 Å². The van der Waals surface area contributed by atoms with E-state index in [-0.39, 0.29) is 31.8 Å². The molecule has 0 heterocycles. The van der Waals surface area contributed by atoms with Crippen molar-refractivity contribution < 1.29 is 46.8 Å². The van der Waals surface area contributed by atoms with Crippen molar-refractivity contribution in [2.45, 2.75) is 193 Å². The number of nitrogens with zero attached hydrogens (tertiary/aromatic N) is 1. The number of carbonyl (C=O) groups is 3. The van der Waals surface area contributed by atoms with Crippen LogP contribution < -0.4 is 0 Å². The molecule has 0 aliphatic carbocycles. The summed E-state index contributed by atoms with van der Waals surface area (Å²) >= 11 is 0. The van der Waals surface area contributed by atoms with Gasteiger partial charge in [-0.1, -0.05) is 154 Å². The van der Waals surface area contributed by atoms with Gasteiger partial charge in [-0.05, 0) is 38.2 Å². The van der Waals surface area contributed by atoms with Crippen LogP contribution in [0.3, 0.4) is 0 Å². The SMILES string of the molecule is CCCCC/C=C\C=C\C(=O)CCCCCCCC(=O)O[C@H](COC(=O)CCCCCCCCCCCCCCCCC)COP(=O)(O)OCC[N+](C)(C)C.